The number of carbonyl (C=O) groups excluding carboxylic acids is 3. The van der Waals surface area contributed by atoms with Gasteiger partial charge in [-0.25, -0.2) is 9.13 Å². The van der Waals surface area contributed by atoms with Gasteiger partial charge in [0.05, 0.1) is 26.4 Å². The summed E-state index contributed by atoms with van der Waals surface area (Å²) in [6.45, 7) is 2.40. The van der Waals surface area contributed by atoms with Gasteiger partial charge >= 0.3 is 33.6 Å². The van der Waals surface area contributed by atoms with Crippen LogP contribution in [0.2, 0.25) is 0 Å². The van der Waals surface area contributed by atoms with Gasteiger partial charge in [0.25, 0.3) is 0 Å². The number of hydrogen-bond acceptors (Lipinski definition) is 14. The maximum Gasteiger partial charge on any atom is 0.472 e. The molecule has 0 rings (SSSR count). The molecular formula is C95H160O16P2. The number of phosphoric ester groups is 2. The number of hydrogen-bond donors (Lipinski definition) is 4. The average Bonchev–Trinajstić information content (AvgIpc) is 0.913. The molecule has 4 N–H and O–H groups in total. The third kappa shape index (κ3) is 87.6. The van der Waals surface area contributed by atoms with Gasteiger partial charge in [0.2, 0.25) is 0 Å². The number of aliphatic hydroxyl groups is 2. The lowest BCUT2D eigenvalue weighted by atomic mass is 10.0. The Balaban J connectivity index is 4.56. The molecule has 0 aliphatic carbocycles. The predicted octanol–water partition coefficient (Wildman–Crippen LogP) is 27.1. The number of aliphatic hydroxyl groups excluding tert-OH is 2. The highest BCUT2D eigenvalue weighted by Gasteiger charge is 2.29. The van der Waals surface area contributed by atoms with Crippen molar-refractivity contribution in [3.05, 3.63) is 170 Å². The van der Waals surface area contributed by atoms with Crippen molar-refractivity contribution in [2.45, 2.75) is 373 Å². The van der Waals surface area contributed by atoms with Crippen molar-refractivity contribution in [1.82, 2.24) is 0 Å². The molecule has 0 saturated heterocycles. The second-order valence-corrected chi connectivity index (χ2v) is 32.2. The standard InChI is InChI=1S/C95H160O16P2/c1-4-7-10-13-16-19-22-25-28-31-34-36-38-40-41-42-43-44-45-46-47-49-51-52-55-57-60-63-66-69-72-75-78-81-93(98)105-84-90(96)85-107-112(101,102)108-86-91(97)87-109-113(103,104)110-89-92(111-95(100)83-80-77-74-71-68-65-62-59-54-33-30-27-24-21-18-15-12-9-6-3)88-106-94(99)82-79-76-73-70-67-64-61-58-56-53-50-48-39-37-35-32-29-26-23-20-17-14-11-8-5-2/h8-9,11-12,16-21,25-30,34-37,40-41,48,50,54,59,65,68,90-92,96-97H,4-7,10,13-15,22-24,31-33,38-39,42-47,49,51-53,55-58,60-64,66-67,69-89H2,1-3H3,(H,101,102)(H,103,104)/b11-8-,12-9-,19-16-,20-17-,21-18-,28-25-,29-26-,30-27-,36-34-,37-35-,41-40-,50-48-,59-54-,68-65-. The summed E-state index contributed by atoms with van der Waals surface area (Å²) in [4.78, 5) is 58.9. The van der Waals surface area contributed by atoms with Crippen LogP contribution in [0.5, 0.6) is 0 Å². The van der Waals surface area contributed by atoms with Crippen LogP contribution in [0.4, 0.5) is 0 Å². The number of ether oxygens (including phenoxy) is 3. The van der Waals surface area contributed by atoms with Crippen molar-refractivity contribution < 1.29 is 75.8 Å². The van der Waals surface area contributed by atoms with Crippen LogP contribution >= 0.6 is 15.6 Å². The fraction of sp³-hybridized carbons (Fsp3) is 0.674. The molecule has 646 valence electrons. The van der Waals surface area contributed by atoms with Gasteiger partial charge in [-0.2, -0.15) is 0 Å². The van der Waals surface area contributed by atoms with Gasteiger partial charge in [0.15, 0.2) is 6.10 Å². The van der Waals surface area contributed by atoms with E-state index < -0.39 is 91.5 Å². The van der Waals surface area contributed by atoms with Crippen molar-refractivity contribution in [2.75, 3.05) is 39.6 Å². The Morgan fingerprint density at radius 1 is 0.257 bits per heavy atom. The number of esters is 3. The van der Waals surface area contributed by atoms with Gasteiger partial charge in [-0.3, -0.25) is 32.5 Å². The van der Waals surface area contributed by atoms with E-state index in [9.17, 15) is 43.5 Å². The quantitative estimate of drug-likeness (QED) is 0.0146. The summed E-state index contributed by atoms with van der Waals surface area (Å²) < 4.78 is 61.3. The monoisotopic (exact) mass is 1620 g/mol. The molecule has 0 spiro atoms. The van der Waals surface area contributed by atoms with Crippen molar-refractivity contribution in [2.24, 2.45) is 0 Å². The first-order valence-electron chi connectivity index (χ1n) is 44.4. The number of rotatable bonds is 83. The minimum Gasteiger partial charge on any atom is -0.463 e. The Morgan fingerprint density at radius 3 is 0.752 bits per heavy atom. The van der Waals surface area contributed by atoms with E-state index in [2.05, 4.69) is 191 Å². The summed E-state index contributed by atoms with van der Waals surface area (Å²) in [6.07, 6.45) is 111. The predicted molar refractivity (Wildman–Crippen MR) is 472 cm³/mol. The van der Waals surface area contributed by atoms with Crippen LogP contribution in [0.15, 0.2) is 170 Å². The summed E-state index contributed by atoms with van der Waals surface area (Å²) in [6, 6.07) is 0. The number of unbranched alkanes of at least 4 members (excludes halogenated alkanes) is 32. The molecule has 0 aromatic carbocycles. The van der Waals surface area contributed by atoms with Crippen molar-refractivity contribution in [3.63, 3.8) is 0 Å². The third-order valence-corrected chi connectivity index (χ3v) is 20.3. The highest BCUT2D eigenvalue weighted by atomic mass is 31.2. The molecule has 5 unspecified atom stereocenters. The molecule has 0 bridgehead atoms. The van der Waals surface area contributed by atoms with E-state index in [1.807, 2.05) is 0 Å². The highest BCUT2D eigenvalue weighted by Crippen LogP contribution is 2.45. The first-order chi connectivity index (χ1) is 55.2. The zero-order valence-electron chi connectivity index (χ0n) is 71.0. The molecule has 0 aliphatic rings. The number of phosphoric acid groups is 2. The Morgan fingerprint density at radius 2 is 0.469 bits per heavy atom. The van der Waals surface area contributed by atoms with Crippen LogP contribution in [0, 0.1) is 0 Å². The topological polar surface area (TPSA) is 231 Å². The van der Waals surface area contributed by atoms with Gasteiger partial charge < -0.3 is 34.2 Å². The van der Waals surface area contributed by atoms with Gasteiger partial charge in [0, 0.05) is 19.3 Å². The minimum atomic E-state index is -4.95. The summed E-state index contributed by atoms with van der Waals surface area (Å²) in [5.41, 5.74) is 0. The van der Waals surface area contributed by atoms with E-state index in [0.717, 1.165) is 154 Å². The summed E-state index contributed by atoms with van der Waals surface area (Å²) in [5, 5.41) is 20.7. The number of carbonyl (C=O) groups is 3. The summed E-state index contributed by atoms with van der Waals surface area (Å²) in [7, 11) is -9.82. The Labute approximate surface area is 688 Å². The lowest BCUT2D eigenvalue weighted by molar-refractivity contribution is -0.161. The van der Waals surface area contributed by atoms with E-state index in [0.29, 0.717) is 19.3 Å². The molecule has 5 atom stereocenters. The fourth-order valence-electron chi connectivity index (χ4n) is 11.7. The van der Waals surface area contributed by atoms with E-state index in [1.54, 1.807) is 0 Å². The highest BCUT2D eigenvalue weighted by molar-refractivity contribution is 7.47. The Bertz CT molecular complexity index is 2730. The fourth-order valence-corrected chi connectivity index (χ4v) is 13.3. The van der Waals surface area contributed by atoms with Gasteiger partial charge in [0.1, 0.15) is 25.4 Å². The molecule has 0 fully saturated rings. The zero-order valence-corrected chi connectivity index (χ0v) is 72.8. The molecule has 0 aromatic heterocycles. The van der Waals surface area contributed by atoms with Gasteiger partial charge in [-0.05, 0) is 154 Å². The molecular weight excluding hydrogens is 1460 g/mol. The minimum absolute atomic E-state index is 0.0588. The van der Waals surface area contributed by atoms with E-state index in [1.165, 1.54) is 141 Å². The molecule has 0 heterocycles. The maximum atomic E-state index is 13.0. The lowest BCUT2D eigenvalue weighted by Crippen LogP contribution is -2.30. The molecule has 113 heavy (non-hydrogen) atoms. The SMILES string of the molecule is CC/C=C\C/C=C\C/C=C\C/C=C\C/C=C\CCCCCCCCCCCC(=O)OCC(COP(=O)(O)OCC(O)COP(=O)(O)OCC(O)COC(=O)CCCCCCCCCCCCCCCCCCC/C=C\C/C=C\C/C=C\C/C=C\CCCCC)OC(=O)CCCCC/C=C\C/C=C\C/C=C\C/C=C\C/C=C\CC. The van der Waals surface area contributed by atoms with Crippen LogP contribution in [0.25, 0.3) is 0 Å². The molecule has 0 amide bonds. The second kappa shape index (κ2) is 86.3. The molecule has 0 saturated carbocycles. The first-order valence-corrected chi connectivity index (χ1v) is 47.4. The first kappa shape index (κ1) is 108. The van der Waals surface area contributed by atoms with E-state index >= 15 is 0 Å². The average molecular weight is 1620 g/mol. The summed E-state index contributed by atoms with van der Waals surface area (Å²) >= 11 is 0. The molecule has 18 heteroatoms. The second-order valence-electron chi connectivity index (χ2n) is 29.3. The molecule has 16 nitrogen and oxygen atoms in total. The van der Waals surface area contributed by atoms with Crippen LogP contribution in [0.3, 0.4) is 0 Å². The van der Waals surface area contributed by atoms with Gasteiger partial charge in [-0.15, -0.1) is 0 Å². The van der Waals surface area contributed by atoms with Crippen molar-refractivity contribution in [1.29, 1.82) is 0 Å². The van der Waals surface area contributed by atoms with Crippen LogP contribution in [-0.4, -0.2) is 95.9 Å². The molecule has 0 aromatic rings. The molecule has 0 aliphatic heterocycles. The smallest absolute Gasteiger partial charge is 0.463 e. The largest absolute Gasteiger partial charge is 0.472 e. The molecule has 0 radical (unpaired) electrons. The maximum absolute atomic E-state index is 13.0. The van der Waals surface area contributed by atoms with Crippen molar-refractivity contribution in [3.8, 4) is 0 Å². The normalized spacial score (nSPS) is 14.6. The number of allylic oxidation sites excluding steroid dienone is 28. The van der Waals surface area contributed by atoms with Crippen LogP contribution in [-0.2, 0) is 55.8 Å². The van der Waals surface area contributed by atoms with E-state index in [-0.39, 0.29) is 19.3 Å². The summed E-state index contributed by atoms with van der Waals surface area (Å²) in [5.74, 6) is -1.62. The Hall–Kier alpha value is -5.09. The van der Waals surface area contributed by atoms with Crippen LogP contribution in [0.1, 0.15) is 355 Å². The Kier molecular flexibility index (Phi) is 82.4. The van der Waals surface area contributed by atoms with Crippen LogP contribution < -0.4 is 0 Å². The van der Waals surface area contributed by atoms with Gasteiger partial charge in [-0.1, -0.05) is 351 Å². The zero-order chi connectivity index (χ0) is 82.2. The lowest BCUT2D eigenvalue weighted by Gasteiger charge is -2.21. The van der Waals surface area contributed by atoms with Crippen molar-refractivity contribution >= 4 is 33.6 Å². The van der Waals surface area contributed by atoms with E-state index in [4.69, 9.17) is 32.3 Å². The third-order valence-electron chi connectivity index (χ3n) is 18.4.